The zero-order valence-electron chi connectivity index (χ0n) is 18.6. The van der Waals surface area contributed by atoms with E-state index in [2.05, 4.69) is 13.5 Å². The van der Waals surface area contributed by atoms with Crippen LogP contribution >= 0.6 is 0 Å². The summed E-state index contributed by atoms with van der Waals surface area (Å²) in [4.78, 5) is 22.7. The number of ether oxygens (including phenoxy) is 2. The molecule has 0 aliphatic carbocycles. The summed E-state index contributed by atoms with van der Waals surface area (Å²) < 4.78 is 9.91. The van der Waals surface area contributed by atoms with E-state index in [4.69, 9.17) is 9.47 Å². The van der Waals surface area contributed by atoms with Crippen LogP contribution in [0.3, 0.4) is 0 Å². The molecule has 0 aromatic carbocycles. The van der Waals surface area contributed by atoms with Gasteiger partial charge < -0.3 is 9.47 Å². The molecule has 0 atom stereocenters. The van der Waals surface area contributed by atoms with Crippen molar-refractivity contribution in [2.45, 2.75) is 117 Å². The van der Waals surface area contributed by atoms with Crippen LogP contribution in [0, 0.1) is 0 Å². The molecule has 0 aromatic rings. The summed E-state index contributed by atoms with van der Waals surface area (Å²) >= 11 is 0. The van der Waals surface area contributed by atoms with Gasteiger partial charge in [0.05, 0.1) is 0 Å². The van der Waals surface area contributed by atoms with Gasteiger partial charge in [-0.3, -0.25) is 4.79 Å². The van der Waals surface area contributed by atoms with Crippen molar-refractivity contribution in [3.05, 3.63) is 12.2 Å². The molecule has 0 N–H and O–H groups in total. The van der Waals surface area contributed by atoms with Crippen LogP contribution in [-0.4, -0.2) is 25.2 Å². The van der Waals surface area contributed by atoms with E-state index in [1.807, 2.05) is 0 Å². The molecule has 4 nitrogen and oxygen atoms in total. The summed E-state index contributed by atoms with van der Waals surface area (Å²) in [7, 11) is 0. The first-order chi connectivity index (χ1) is 13.6. The summed E-state index contributed by atoms with van der Waals surface area (Å²) in [6.45, 7) is 7.56. The molecular weight excluding hydrogens is 352 g/mol. The normalized spacial score (nSPS) is 10.6. The minimum atomic E-state index is -0.446. The first-order valence-electron chi connectivity index (χ1n) is 11.6. The van der Waals surface area contributed by atoms with Crippen molar-refractivity contribution in [1.82, 2.24) is 0 Å². The van der Waals surface area contributed by atoms with Gasteiger partial charge in [0.1, 0.15) is 13.2 Å². The molecule has 0 aromatic heterocycles. The van der Waals surface area contributed by atoms with E-state index in [1.165, 1.54) is 83.5 Å². The molecule has 164 valence electrons. The first kappa shape index (κ1) is 26.7. The van der Waals surface area contributed by atoms with Crippen LogP contribution < -0.4 is 0 Å². The van der Waals surface area contributed by atoms with E-state index >= 15 is 0 Å². The number of rotatable bonds is 20. The lowest BCUT2D eigenvalue weighted by Crippen LogP contribution is -2.14. The highest BCUT2D eigenvalue weighted by molar-refractivity contribution is 5.86. The lowest BCUT2D eigenvalue weighted by atomic mass is 10.0. The largest absolute Gasteiger partial charge is 0.462 e. The zero-order valence-corrected chi connectivity index (χ0v) is 18.6. The Hall–Kier alpha value is -1.32. The number of hydrogen-bond acceptors (Lipinski definition) is 4. The molecule has 0 aliphatic rings. The van der Waals surface area contributed by atoms with Crippen LogP contribution in [0.25, 0.3) is 0 Å². The van der Waals surface area contributed by atoms with E-state index in [0.717, 1.165) is 12.8 Å². The van der Waals surface area contributed by atoms with Gasteiger partial charge in [0.15, 0.2) is 0 Å². The third-order valence-corrected chi connectivity index (χ3v) is 4.91. The molecule has 0 rings (SSSR count). The van der Waals surface area contributed by atoms with Gasteiger partial charge in [-0.05, 0) is 13.3 Å². The van der Waals surface area contributed by atoms with Crippen LogP contribution in [0.2, 0.25) is 0 Å². The molecule has 0 amide bonds. The number of carbonyl (C=O) groups is 2. The van der Waals surface area contributed by atoms with Gasteiger partial charge in [-0.15, -0.1) is 0 Å². The maximum atomic E-state index is 11.6. The second-order valence-electron chi connectivity index (χ2n) is 7.84. The monoisotopic (exact) mass is 396 g/mol. The van der Waals surface area contributed by atoms with E-state index in [-0.39, 0.29) is 19.2 Å². The smallest absolute Gasteiger partial charge is 0.333 e. The van der Waals surface area contributed by atoms with Crippen molar-refractivity contribution in [2.75, 3.05) is 13.2 Å². The van der Waals surface area contributed by atoms with E-state index in [0.29, 0.717) is 12.0 Å². The van der Waals surface area contributed by atoms with Gasteiger partial charge in [-0.2, -0.15) is 0 Å². The van der Waals surface area contributed by atoms with E-state index in [1.54, 1.807) is 6.92 Å². The van der Waals surface area contributed by atoms with Crippen molar-refractivity contribution in [2.24, 2.45) is 0 Å². The molecule has 0 saturated heterocycles. The molecule has 4 heteroatoms. The highest BCUT2D eigenvalue weighted by Crippen LogP contribution is 2.13. The number of carbonyl (C=O) groups excluding carboxylic acids is 2. The fourth-order valence-corrected chi connectivity index (χ4v) is 3.13. The number of unbranched alkanes of at least 4 members (excludes halogenated alkanes) is 14. The van der Waals surface area contributed by atoms with Crippen molar-refractivity contribution in [1.29, 1.82) is 0 Å². The molecular formula is C24H44O4. The molecule has 0 heterocycles. The minimum Gasteiger partial charge on any atom is -0.462 e. The standard InChI is InChI=1S/C24H44O4/c1-4-5-6-7-8-9-10-11-12-13-14-15-16-17-18-19-23(25)27-20-21-28-24(26)22(2)3/h2,4-21H2,1,3H3. The average molecular weight is 397 g/mol. The van der Waals surface area contributed by atoms with Crippen molar-refractivity contribution in [3.8, 4) is 0 Å². The van der Waals surface area contributed by atoms with E-state index in [9.17, 15) is 9.59 Å². The first-order valence-corrected chi connectivity index (χ1v) is 11.6. The summed E-state index contributed by atoms with van der Waals surface area (Å²) in [6, 6.07) is 0. The molecule has 0 unspecified atom stereocenters. The SMILES string of the molecule is C=C(C)C(=O)OCCOC(=O)CCCCCCCCCCCCCCCCC. The van der Waals surface area contributed by atoms with Crippen LogP contribution in [0.1, 0.15) is 117 Å². The van der Waals surface area contributed by atoms with Gasteiger partial charge in [0.25, 0.3) is 0 Å². The molecule has 0 fully saturated rings. The van der Waals surface area contributed by atoms with Crippen molar-refractivity contribution >= 4 is 11.9 Å². The Labute approximate surface area is 173 Å². The van der Waals surface area contributed by atoms with Crippen LogP contribution in [-0.2, 0) is 19.1 Å². The predicted molar refractivity (Wildman–Crippen MR) is 116 cm³/mol. The third-order valence-electron chi connectivity index (χ3n) is 4.91. The summed E-state index contributed by atoms with van der Waals surface area (Å²) in [5.41, 5.74) is 0.351. The van der Waals surface area contributed by atoms with Gasteiger partial charge >= 0.3 is 11.9 Å². The molecule has 0 saturated carbocycles. The number of esters is 2. The zero-order chi connectivity index (χ0) is 20.9. The topological polar surface area (TPSA) is 52.6 Å². The van der Waals surface area contributed by atoms with Gasteiger partial charge in [-0.1, -0.05) is 103 Å². The Kier molecular flexibility index (Phi) is 19.5. The lowest BCUT2D eigenvalue weighted by molar-refractivity contribution is -0.150. The summed E-state index contributed by atoms with van der Waals surface area (Å²) in [5, 5.41) is 0. The Morgan fingerprint density at radius 1 is 0.643 bits per heavy atom. The Bertz CT molecular complexity index is 403. The van der Waals surface area contributed by atoms with Crippen LogP contribution in [0.4, 0.5) is 0 Å². The molecule has 0 aliphatic heterocycles. The summed E-state index contributed by atoms with van der Waals surface area (Å²) in [5.74, 6) is -0.653. The third kappa shape index (κ3) is 19.4. The van der Waals surface area contributed by atoms with E-state index < -0.39 is 5.97 Å². The fourth-order valence-electron chi connectivity index (χ4n) is 3.13. The van der Waals surface area contributed by atoms with Gasteiger partial charge in [0.2, 0.25) is 0 Å². The Morgan fingerprint density at radius 3 is 1.46 bits per heavy atom. The Balaban J connectivity index is 3.21. The highest BCUT2D eigenvalue weighted by atomic mass is 16.6. The molecule has 0 spiro atoms. The quantitative estimate of drug-likeness (QED) is 0.127. The average Bonchev–Trinajstić information content (AvgIpc) is 2.68. The predicted octanol–water partition coefficient (Wildman–Crippen LogP) is 6.91. The molecule has 0 bridgehead atoms. The highest BCUT2D eigenvalue weighted by Gasteiger charge is 2.05. The minimum absolute atomic E-state index is 0.0935. The maximum Gasteiger partial charge on any atom is 0.333 e. The lowest BCUT2D eigenvalue weighted by Gasteiger charge is -2.06. The number of hydrogen-bond donors (Lipinski definition) is 0. The fraction of sp³-hybridized carbons (Fsp3) is 0.833. The van der Waals surface area contributed by atoms with Gasteiger partial charge in [-0.25, -0.2) is 4.79 Å². The van der Waals surface area contributed by atoms with Crippen molar-refractivity contribution in [3.63, 3.8) is 0 Å². The van der Waals surface area contributed by atoms with Crippen molar-refractivity contribution < 1.29 is 19.1 Å². The van der Waals surface area contributed by atoms with Crippen LogP contribution in [0.5, 0.6) is 0 Å². The second kappa shape index (κ2) is 20.4. The maximum absolute atomic E-state index is 11.6. The van der Waals surface area contributed by atoms with Gasteiger partial charge in [0, 0.05) is 12.0 Å². The Morgan fingerprint density at radius 2 is 1.04 bits per heavy atom. The summed E-state index contributed by atoms with van der Waals surface area (Å²) in [6.07, 6.45) is 20.1. The second-order valence-corrected chi connectivity index (χ2v) is 7.84. The molecule has 28 heavy (non-hydrogen) atoms. The molecule has 0 radical (unpaired) electrons. The van der Waals surface area contributed by atoms with Crippen LogP contribution in [0.15, 0.2) is 12.2 Å².